The van der Waals surface area contributed by atoms with Gasteiger partial charge in [0.15, 0.2) is 6.17 Å². The third kappa shape index (κ3) is 3.92. The maximum Gasteiger partial charge on any atom is 0.239 e. The van der Waals surface area contributed by atoms with Crippen LogP contribution in [0.15, 0.2) is 54.3 Å². The maximum absolute atomic E-state index is 14.1. The van der Waals surface area contributed by atoms with E-state index >= 15 is 0 Å². The van der Waals surface area contributed by atoms with Crippen molar-refractivity contribution in [1.82, 2.24) is 0 Å². The van der Waals surface area contributed by atoms with Gasteiger partial charge >= 0.3 is 0 Å². The smallest absolute Gasteiger partial charge is 0.239 e. The van der Waals surface area contributed by atoms with Gasteiger partial charge in [0.1, 0.15) is 5.76 Å². The lowest BCUT2D eigenvalue weighted by atomic mass is 9.93. The first kappa shape index (κ1) is 18.9. The number of allylic oxidation sites excluding steroid dienone is 1. The highest BCUT2D eigenvalue weighted by atomic mass is 19.1. The predicted molar refractivity (Wildman–Crippen MR) is 102 cm³/mol. The van der Waals surface area contributed by atoms with E-state index in [1.807, 2.05) is 57.2 Å². The molecular weight excluding hydrogens is 331 g/mol. The Hall–Kier alpha value is -1.91. The number of benzene rings is 2. The molecule has 1 heterocycles. The first-order chi connectivity index (χ1) is 12.2. The Morgan fingerprint density at radius 2 is 1.85 bits per heavy atom. The van der Waals surface area contributed by atoms with E-state index in [-0.39, 0.29) is 17.5 Å². The van der Waals surface area contributed by atoms with Crippen LogP contribution in [-0.4, -0.2) is 25.0 Å². The zero-order valence-corrected chi connectivity index (χ0v) is 16.1. The fourth-order valence-electron chi connectivity index (χ4n) is 3.36. The van der Waals surface area contributed by atoms with Crippen LogP contribution < -0.4 is 0 Å². The molecule has 2 aromatic carbocycles. The van der Waals surface area contributed by atoms with E-state index in [1.54, 1.807) is 13.2 Å². The van der Waals surface area contributed by atoms with Crippen LogP contribution in [0.5, 0.6) is 0 Å². The predicted octanol–water partition coefficient (Wildman–Crippen LogP) is 5.48. The number of alkyl halides is 1. The standard InChI is InChI=1S/C22H27FO3/c1-15(23)20-13-19(25-21(2,3)4)14-22(24-5,26-20)18-11-10-16-8-6-7-9-17(16)12-18/h6-13,15,19H,14H2,1-5H3/t15-,19-,22+/m1/s1. The summed E-state index contributed by atoms with van der Waals surface area (Å²) in [5.41, 5.74) is 0.499. The summed E-state index contributed by atoms with van der Waals surface area (Å²) >= 11 is 0. The van der Waals surface area contributed by atoms with Gasteiger partial charge < -0.3 is 14.2 Å². The Labute approximate surface area is 154 Å². The molecule has 26 heavy (non-hydrogen) atoms. The molecule has 1 aliphatic rings. The lowest BCUT2D eigenvalue weighted by Crippen LogP contribution is -2.42. The molecule has 0 spiro atoms. The monoisotopic (exact) mass is 358 g/mol. The molecule has 1 aliphatic heterocycles. The Bertz CT molecular complexity index is 806. The summed E-state index contributed by atoms with van der Waals surface area (Å²) in [5, 5.41) is 2.22. The van der Waals surface area contributed by atoms with Gasteiger partial charge in [-0.3, -0.25) is 0 Å². The quantitative estimate of drug-likeness (QED) is 0.724. The van der Waals surface area contributed by atoms with Gasteiger partial charge in [0, 0.05) is 19.1 Å². The second-order valence-corrected chi connectivity index (χ2v) is 7.78. The summed E-state index contributed by atoms with van der Waals surface area (Å²) in [6.07, 6.45) is 0.642. The molecule has 3 rings (SSSR count). The Morgan fingerprint density at radius 3 is 2.46 bits per heavy atom. The number of rotatable bonds is 4. The van der Waals surface area contributed by atoms with Gasteiger partial charge in [-0.15, -0.1) is 0 Å². The third-order valence-electron chi connectivity index (χ3n) is 4.52. The van der Waals surface area contributed by atoms with E-state index < -0.39 is 12.0 Å². The molecule has 0 aliphatic carbocycles. The lowest BCUT2D eigenvalue weighted by molar-refractivity contribution is -0.245. The van der Waals surface area contributed by atoms with Crippen LogP contribution in [0.4, 0.5) is 4.39 Å². The van der Waals surface area contributed by atoms with Crippen molar-refractivity contribution in [2.75, 3.05) is 7.11 Å². The van der Waals surface area contributed by atoms with E-state index in [1.165, 1.54) is 6.92 Å². The van der Waals surface area contributed by atoms with Crippen molar-refractivity contribution < 1.29 is 18.6 Å². The molecule has 0 fully saturated rings. The molecule has 0 N–H and O–H groups in total. The molecule has 0 bridgehead atoms. The molecule has 0 saturated heterocycles. The van der Waals surface area contributed by atoms with Gasteiger partial charge in [-0.25, -0.2) is 4.39 Å². The van der Waals surface area contributed by atoms with E-state index in [9.17, 15) is 4.39 Å². The highest BCUT2D eigenvalue weighted by Crippen LogP contribution is 2.41. The highest BCUT2D eigenvalue weighted by Gasteiger charge is 2.43. The average molecular weight is 358 g/mol. The van der Waals surface area contributed by atoms with Gasteiger partial charge in [-0.2, -0.15) is 0 Å². The zero-order valence-electron chi connectivity index (χ0n) is 16.1. The Balaban J connectivity index is 2.04. The molecule has 140 valence electrons. The minimum atomic E-state index is -1.24. The van der Waals surface area contributed by atoms with Crippen molar-refractivity contribution in [3.8, 4) is 0 Å². The number of fused-ring (bicyclic) bond motifs is 1. The number of methoxy groups -OCH3 is 1. The first-order valence-electron chi connectivity index (χ1n) is 8.99. The van der Waals surface area contributed by atoms with Gasteiger partial charge in [-0.05, 0) is 50.6 Å². The summed E-state index contributed by atoms with van der Waals surface area (Å²) in [6.45, 7) is 7.42. The van der Waals surface area contributed by atoms with Crippen molar-refractivity contribution in [3.05, 3.63) is 59.9 Å². The van der Waals surface area contributed by atoms with Gasteiger partial charge in [0.25, 0.3) is 0 Å². The summed E-state index contributed by atoms with van der Waals surface area (Å²) in [7, 11) is 1.59. The number of hydrogen-bond donors (Lipinski definition) is 0. The fraction of sp³-hybridized carbons (Fsp3) is 0.455. The topological polar surface area (TPSA) is 27.7 Å². The van der Waals surface area contributed by atoms with E-state index in [0.717, 1.165) is 16.3 Å². The number of halogens is 1. The molecule has 3 nitrogen and oxygen atoms in total. The second-order valence-electron chi connectivity index (χ2n) is 7.78. The fourth-order valence-corrected chi connectivity index (χ4v) is 3.36. The normalized spacial score (nSPS) is 24.8. The van der Waals surface area contributed by atoms with Crippen molar-refractivity contribution >= 4 is 10.8 Å². The summed E-state index contributed by atoms with van der Waals surface area (Å²) < 4.78 is 32.1. The molecule has 4 heteroatoms. The van der Waals surface area contributed by atoms with Crippen LogP contribution in [0.1, 0.15) is 39.7 Å². The minimum Gasteiger partial charge on any atom is -0.459 e. The lowest BCUT2D eigenvalue weighted by Gasteiger charge is -2.41. The van der Waals surface area contributed by atoms with Gasteiger partial charge in [0.2, 0.25) is 5.79 Å². The van der Waals surface area contributed by atoms with E-state index in [0.29, 0.717) is 6.42 Å². The maximum atomic E-state index is 14.1. The Morgan fingerprint density at radius 1 is 1.15 bits per heavy atom. The average Bonchev–Trinajstić information content (AvgIpc) is 2.59. The largest absolute Gasteiger partial charge is 0.459 e. The number of hydrogen-bond acceptors (Lipinski definition) is 3. The second kappa shape index (κ2) is 7.01. The summed E-state index contributed by atoms with van der Waals surface area (Å²) in [4.78, 5) is 0. The molecule has 0 radical (unpaired) electrons. The van der Waals surface area contributed by atoms with Crippen LogP contribution in [0.2, 0.25) is 0 Å². The van der Waals surface area contributed by atoms with Crippen LogP contribution >= 0.6 is 0 Å². The molecule has 0 aromatic heterocycles. The van der Waals surface area contributed by atoms with Crippen molar-refractivity contribution in [1.29, 1.82) is 0 Å². The van der Waals surface area contributed by atoms with Crippen LogP contribution in [0.25, 0.3) is 10.8 Å². The van der Waals surface area contributed by atoms with Crippen LogP contribution in [-0.2, 0) is 20.0 Å². The minimum absolute atomic E-state index is 0.250. The molecule has 3 atom stereocenters. The van der Waals surface area contributed by atoms with Crippen molar-refractivity contribution in [3.63, 3.8) is 0 Å². The molecule has 2 aromatic rings. The summed E-state index contributed by atoms with van der Waals surface area (Å²) in [6, 6.07) is 14.2. The van der Waals surface area contributed by atoms with E-state index in [2.05, 4.69) is 6.07 Å². The highest BCUT2D eigenvalue weighted by molar-refractivity contribution is 5.83. The van der Waals surface area contributed by atoms with Gasteiger partial charge in [0.05, 0.1) is 11.7 Å². The first-order valence-corrected chi connectivity index (χ1v) is 8.99. The Kier molecular flexibility index (Phi) is 5.09. The van der Waals surface area contributed by atoms with Crippen molar-refractivity contribution in [2.24, 2.45) is 0 Å². The van der Waals surface area contributed by atoms with Gasteiger partial charge in [-0.1, -0.05) is 36.4 Å². The molecular formula is C22H27FO3. The third-order valence-corrected chi connectivity index (χ3v) is 4.52. The number of ether oxygens (including phenoxy) is 3. The van der Waals surface area contributed by atoms with E-state index in [4.69, 9.17) is 14.2 Å². The SMILES string of the molecule is CO[C@@]1(c2ccc3ccccc3c2)C[C@H](OC(C)(C)C)C=C([C@@H](C)F)O1. The molecule has 0 saturated carbocycles. The zero-order chi connectivity index (χ0) is 18.9. The molecule has 0 unspecified atom stereocenters. The van der Waals surface area contributed by atoms with Crippen LogP contribution in [0.3, 0.4) is 0 Å². The molecule has 0 amide bonds. The summed E-state index contributed by atoms with van der Waals surface area (Å²) in [5.74, 6) is -0.829. The van der Waals surface area contributed by atoms with Crippen molar-refractivity contribution in [2.45, 2.75) is 57.8 Å². The van der Waals surface area contributed by atoms with Crippen LogP contribution in [0, 0.1) is 0 Å².